The molecular weight excluding hydrogens is 308 g/mol. The van der Waals surface area contributed by atoms with E-state index in [9.17, 15) is 18.5 Å². The highest BCUT2D eigenvalue weighted by Gasteiger charge is 2.23. The topological polar surface area (TPSA) is 108 Å². The number of benzene rings is 1. The van der Waals surface area contributed by atoms with Crippen LogP contribution in [0.1, 0.15) is 6.92 Å². The summed E-state index contributed by atoms with van der Waals surface area (Å²) in [6.07, 6.45) is 0. The lowest BCUT2D eigenvalue weighted by Crippen LogP contribution is -2.06. The standard InChI is InChI=1S/C10H9ClN4O4S/c1-2-14-9(12-13-10(14)20(11,18)19)7-4-3-5-8(6-7)15(16)17/h3-6H,2H2,1H3. The number of hydrogen-bond donors (Lipinski definition) is 0. The summed E-state index contributed by atoms with van der Waals surface area (Å²) >= 11 is 0. The molecule has 0 atom stereocenters. The average molecular weight is 317 g/mol. The van der Waals surface area contributed by atoms with E-state index >= 15 is 0 Å². The Labute approximate surface area is 118 Å². The van der Waals surface area contributed by atoms with Gasteiger partial charge in [0.15, 0.2) is 5.82 Å². The van der Waals surface area contributed by atoms with Gasteiger partial charge in [-0.05, 0) is 6.92 Å². The van der Waals surface area contributed by atoms with E-state index in [-0.39, 0.29) is 23.2 Å². The molecule has 0 amide bonds. The van der Waals surface area contributed by atoms with E-state index in [1.807, 2.05) is 0 Å². The molecular formula is C10H9ClN4O4S. The Morgan fingerprint density at radius 2 is 2.10 bits per heavy atom. The Hall–Kier alpha value is -2.00. The maximum Gasteiger partial charge on any atom is 0.296 e. The number of nitro benzene ring substituents is 1. The number of nitro groups is 1. The number of hydrogen-bond acceptors (Lipinski definition) is 6. The first-order valence-corrected chi connectivity index (χ1v) is 7.78. The molecule has 1 aromatic heterocycles. The maximum absolute atomic E-state index is 11.4. The van der Waals surface area contributed by atoms with Gasteiger partial charge in [0.05, 0.1) is 4.92 Å². The second kappa shape index (κ2) is 5.17. The molecule has 0 aliphatic rings. The van der Waals surface area contributed by atoms with Gasteiger partial charge in [0.1, 0.15) is 0 Å². The predicted octanol–water partition coefficient (Wildman–Crippen LogP) is 1.80. The van der Waals surface area contributed by atoms with Crippen molar-refractivity contribution in [2.75, 3.05) is 0 Å². The Morgan fingerprint density at radius 1 is 1.40 bits per heavy atom. The molecule has 1 heterocycles. The quantitative estimate of drug-likeness (QED) is 0.483. The summed E-state index contributed by atoms with van der Waals surface area (Å²) < 4.78 is 24.0. The summed E-state index contributed by atoms with van der Waals surface area (Å²) in [5, 5.41) is 17.6. The molecule has 0 aliphatic carbocycles. The fourth-order valence-electron chi connectivity index (χ4n) is 1.73. The number of non-ortho nitro benzene ring substituents is 1. The Balaban J connectivity index is 2.62. The molecule has 8 nitrogen and oxygen atoms in total. The van der Waals surface area contributed by atoms with Gasteiger partial charge in [-0.3, -0.25) is 14.7 Å². The van der Waals surface area contributed by atoms with Gasteiger partial charge in [-0.25, -0.2) is 8.42 Å². The van der Waals surface area contributed by atoms with Crippen LogP contribution in [0.2, 0.25) is 0 Å². The smallest absolute Gasteiger partial charge is 0.296 e. The highest BCUT2D eigenvalue weighted by molar-refractivity contribution is 8.13. The van der Waals surface area contributed by atoms with E-state index < -0.39 is 14.0 Å². The fraction of sp³-hybridized carbons (Fsp3) is 0.200. The zero-order valence-corrected chi connectivity index (χ0v) is 11.8. The third kappa shape index (κ3) is 2.63. The normalized spacial score (nSPS) is 11.5. The predicted molar refractivity (Wildman–Crippen MR) is 70.8 cm³/mol. The number of rotatable bonds is 4. The van der Waals surface area contributed by atoms with Crippen molar-refractivity contribution < 1.29 is 13.3 Å². The molecule has 0 bridgehead atoms. The molecule has 2 aromatic rings. The van der Waals surface area contributed by atoms with Gasteiger partial charge in [-0.15, -0.1) is 10.2 Å². The summed E-state index contributed by atoms with van der Waals surface area (Å²) in [5.41, 5.74) is 0.267. The van der Waals surface area contributed by atoms with Gasteiger partial charge in [-0.2, -0.15) is 0 Å². The minimum Gasteiger partial charge on any atom is -0.297 e. The minimum absolute atomic E-state index is 0.122. The molecule has 0 unspecified atom stereocenters. The van der Waals surface area contributed by atoms with Gasteiger partial charge in [0.25, 0.3) is 19.9 Å². The van der Waals surface area contributed by atoms with Crippen LogP contribution in [0.4, 0.5) is 5.69 Å². The molecule has 0 radical (unpaired) electrons. The van der Waals surface area contributed by atoms with Crippen molar-refractivity contribution in [1.82, 2.24) is 14.8 Å². The third-order valence-electron chi connectivity index (χ3n) is 2.57. The molecule has 20 heavy (non-hydrogen) atoms. The van der Waals surface area contributed by atoms with Crippen molar-refractivity contribution in [1.29, 1.82) is 0 Å². The largest absolute Gasteiger partial charge is 0.297 e. The van der Waals surface area contributed by atoms with Crippen molar-refractivity contribution in [3.63, 3.8) is 0 Å². The van der Waals surface area contributed by atoms with Gasteiger partial charge < -0.3 is 0 Å². The Morgan fingerprint density at radius 3 is 2.65 bits per heavy atom. The van der Waals surface area contributed by atoms with E-state index in [2.05, 4.69) is 10.2 Å². The first-order chi connectivity index (χ1) is 9.34. The molecule has 0 aliphatic heterocycles. The third-order valence-corrected chi connectivity index (χ3v) is 3.72. The Bertz CT molecular complexity index is 771. The zero-order valence-electron chi connectivity index (χ0n) is 10.2. The molecule has 10 heteroatoms. The van der Waals surface area contributed by atoms with Crippen molar-refractivity contribution in [3.05, 3.63) is 34.4 Å². The second-order valence-electron chi connectivity index (χ2n) is 3.80. The summed E-state index contributed by atoms with van der Waals surface area (Å²) in [7, 11) is 1.23. The lowest BCUT2D eigenvalue weighted by Gasteiger charge is -2.05. The van der Waals surface area contributed by atoms with Crippen LogP contribution in [0.5, 0.6) is 0 Å². The van der Waals surface area contributed by atoms with Crippen LogP contribution in [0.15, 0.2) is 29.4 Å². The van der Waals surface area contributed by atoms with E-state index in [1.165, 1.54) is 22.8 Å². The van der Waals surface area contributed by atoms with Gasteiger partial charge in [0.2, 0.25) is 0 Å². The van der Waals surface area contributed by atoms with Crippen LogP contribution in [-0.2, 0) is 15.6 Å². The number of halogens is 1. The van der Waals surface area contributed by atoms with Gasteiger partial charge >= 0.3 is 0 Å². The molecule has 106 valence electrons. The monoisotopic (exact) mass is 316 g/mol. The number of nitrogens with zero attached hydrogens (tertiary/aromatic N) is 4. The van der Waals surface area contributed by atoms with Crippen LogP contribution >= 0.6 is 10.7 Å². The molecule has 2 rings (SSSR count). The Kier molecular flexibility index (Phi) is 3.73. The lowest BCUT2D eigenvalue weighted by atomic mass is 10.2. The van der Waals surface area contributed by atoms with Crippen LogP contribution in [-0.4, -0.2) is 28.1 Å². The van der Waals surface area contributed by atoms with Crippen LogP contribution < -0.4 is 0 Å². The molecule has 0 N–H and O–H groups in total. The van der Waals surface area contributed by atoms with E-state index in [0.29, 0.717) is 5.56 Å². The van der Waals surface area contributed by atoms with Crippen LogP contribution in [0, 0.1) is 10.1 Å². The van der Waals surface area contributed by atoms with Crippen molar-refractivity contribution in [2.24, 2.45) is 0 Å². The first-order valence-electron chi connectivity index (χ1n) is 5.47. The van der Waals surface area contributed by atoms with E-state index in [4.69, 9.17) is 10.7 Å². The number of aromatic nitrogens is 3. The maximum atomic E-state index is 11.4. The minimum atomic E-state index is -4.03. The van der Waals surface area contributed by atoms with E-state index in [0.717, 1.165) is 0 Å². The van der Waals surface area contributed by atoms with Crippen LogP contribution in [0.25, 0.3) is 11.4 Å². The fourth-order valence-corrected chi connectivity index (χ4v) is 2.69. The summed E-state index contributed by atoms with van der Waals surface area (Å²) in [6.45, 7) is 1.95. The zero-order chi connectivity index (χ0) is 14.9. The summed E-state index contributed by atoms with van der Waals surface area (Å²) in [4.78, 5) is 10.2. The molecule has 0 saturated carbocycles. The SMILES string of the molecule is CCn1c(-c2cccc([N+](=O)[O-])c2)nnc1S(=O)(=O)Cl. The van der Waals surface area contributed by atoms with E-state index in [1.54, 1.807) is 13.0 Å². The molecule has 1 aromatic carbocycles. The average Bonchev–Trinajstić information content (AvgIpc) is 2.82. The van der Waals surface area contributed by atoms with Crippen molar-refractivity contribution in [2.45, 2.75) is 18.6 Å². The van der Waals surface area contributed by atoms with Crippen LogP contribution in [0.3, 0.4) is 0 Å². The summed E-state index contributed by atoms with van der Waals surface area (Å²) in [6, 6.07) is 5.68. The molecule has 0 saturated heterocycles. The lowest BCUT2D eigenvalue weighted by molar-refractivity contribution is -0.384. The highest BCUT2D eigenvalue weighted by Crippen LogP contribution is 2.25. The second-order valence-corrected chi connectivity index (χ2v) is 6.26. The summed E-state index contributed by atoms with van der Waals surface area (Å²) in [5.74, 6) is 0.204. The molecule has 0 spiro atoms. The first kappa shape index (κ1) is 14.4. The molecule has 0 fully saturated rings. The highest BCUT2D eigenvalue weighted by atomic mass is 35.7. The van der Waals surface area contributed by atoms with Gasteiger partial charge in [-0.1, -0.05) is 12.1 Å². The van der Waals surface area contributed by atoms with Crippen molar-refractivity contribution >= 4 is 25.4 Å². The van der Waals surface area contributed by atoms with Gasteiger partial charge in [0, 0.05) is 34.9 Å². The van der Waals surface area contributed by atoms with Crippen molar-refractivity contribution in [3.8, 4) is 11.4 Å².